The van der Waals surface area contributed by atoms with Crippen LogP contribution in [-0.4, -0.2) is 44.1 Å². The molecule has 4 rings (SSSR count). The van der Waals surface area contributed by atoms with E-state index in [-0.39, 0.29) is 28.1 Å². The molecule has 0 radical (unpaired) electrons. The van der Waals surface area contributed by atoms with E-state index in [0.717, 1.165) is 28.4 Å². The number of benzene rings is 2. The number of methoxy groups -OCH3 is 1. The molecule has 9 heteroatoms. The summed E-state index contributed by atoms with van der Waals surface area (Å²) in [7, 11) is 1.25. The lowest BCUT2D eigenvalue weighted by Crippen LogP contribution is -2.09. The summed E-state index contributed by atoms with van der Waals surface area (Å²) in [5, 5.41) is 18.9. The number of nitrogens with zero attached hydrogens (tertiary/aromatic N) is 3. The minimum Gasteiger partial charge on any atom is -0.510 e. The van der Waals surface area contributed by atoms with E-state index in [0.29, 0.717) is 11.4 Å². The normalized spacial score (nSPS) is 12.1. The third-order valence-corrected chi connectivity index (χ3v) is 5.17. The SMILES string of the molecule is COC(=O)/C(=C(/O)CSc1nnc(-c2ccc(C)cc2)o1)c1nc2ccccc2[nH]1. The number of carbonyl (C=O) groups excluding carboxylic acids is 1. The van der Waals surface area contributed by atoms with Gasteiger partial charge in [-0.05, 0) is 31.2 Å². The minimum absolute atomic E-state index is 0.0248. The van der Waals surface area contributed by atoms with Crippen molar-refractivity contribution in [1.29, 1.82) is 0 Å². The van der Waals surface area contributed by atoms with E-state index in [1.807, 2.05) is 49.4 Å². The fourth-order valence-corrected chi connectivity index (χ4v) is 3.45. The largest absolute Gasteiger partial charge is 0.510 e. The molecular weight excluding hydrogens is 404 g/mol. The number of aliphatic hydroxyl groups is 1. The van der Waals surface area contributed by atoms with Crippen LogP contribution in [0.3, 0.4) is 0 Å². The zero-order chi connectivity index (χ0) is 21.1. The molecule has 0 aliphatic heterocycles. The molecule has 0 fully saturated rings. The Hall–Kier alpha value is -3.59. The predicted octanol–water partition coefficient (Wildman–Crippen LogP) is 4.16. The van der Waals surface area contributed by atoms with Crippen LogP contribution in [0.25, 0.3) is 28.1 Å². The van der Waals surface area contributed by atoms with Crippen molar-refractivity contribution < 1.29 is 19.1 Å². The monoisotopic (exact) mass is 422 g/mol. The van der Waals surface area contributed by atoms with E-state index in [4.69, 9.17) is 9.15 Å². The van der Waals surface area contributed by atoms with Gasteiger partial charge in [0.05, 0.1) is 23.9 Å². The summed E-state index contributed by atoms with van der Waals surface area (Å²) in [4.78, 5) is 19.7. The second-order valence-electron chi connectivity index (χ2n) is 6.44. The number of imidazole rings is 1. The molecule has 0 aliphatic carbocycles. The van der Waals surface area contributed by atoms with Crippen molar-refractivity contribution in [3.8, 4) is 11.5 Å². The predicted molar refractivity (Wildman–Crippen MR) is 113 cm³/mol. The maximum Gasteiger partial charge on any atom is 0.345 e. The zero-order valence-corrected chi connectivity index (χ0v) is 17.1. The quantitative estimate of drug-likeness (QED) is 0.206. The van der Waals surface area contributed by atoms with Crippen LogP contribution < -0.4 is 0 Å². The Labute approximate surface area is 176 Å². The number of thioether (sulfide) groups is 1. The molecule has 0 bridgehead atoms. The number of para-hydroxylation sites is 2. The average Bonchev–Trinajstić information content (AvgIpc) is 3.39. The highest BCUT2D eigenvalue weighted by Gasteiger charge is 2.23. The summed E-state index contributed by atoms with van der Waals surface area (Å²) in [6.07, 6.45) is 0. The van der Waals surface area contributed by atoms with Crippen molar-refractivity contribution in [3.05, 3.63) is 65.7 Å². The van der Waals surface area contributed by atoms with Crippen LogP contribution in [0, 0.1) is 6.92 Å². The van der Waals surface area contributed by atoms with Gasteiger partial charge in [-0.15, -0.1) is 10.2 Å². The molecule has 8 nitrogen and oxygen atoms in total. The number of carbonyl (C=O) groups is 1. The number of ether oxygens (including phenoxy) is 1. The van der Waals surface area contributed by atoms with Crippen LogP contribution in [0.4, 0.5) is 0 Å². The third-order valence-electron chi connectivity index (χ3n) is 4.34. The third kappa shape index (κ3) is 4.06. The molecule has 4 aromatic rings. The van der Waals surface area contributed by atoms with Crippen LogP contribution in [0.5, 0.6) is 0 Å². The van der Waals surface area contributed by atoms with E-state index in [1.54, 1.807) is 6.07 Å². The summed E-state index contributed by atoms with van der Waals surface area (Å²) in [5.41, 5.74) is 3.31. The number of aliphatic hydroxyl groups excluding tert-OH is 1. The molecule has 0 spiro atoms. The van der Waals surface area contributed by atoms with E-state index >= 15 is 0 Å². The first-order chi connectivity index (χ1) is 14.5. The minimum atomic E-state index is -0.696. The molecule has 2 aromatic carbocycles. The number of aryl methyl sites for hydroxylation is 1. The van der Waals surface area contributed by atoms with Gasteiger partial charge >= 0.3 is 5.97 Å². The van der Waals surface area contributed by atoms with Crippen LogP contribution in [0.2, 0.25) is 0 Å². The van der Waals surface area contributed by atoms with Crippen LogP contribution in [-0.2, 0) is 9.53 Å². The molecule has 2 N–H and O–H groups in total. The summed E-state index contributed by atoms with van der Waals surface area (Å²) in [5.74, 6) is -0.269. The first-order valence-corrected chi connectivity index (χ1v) is 10.0. The Kier molecular flexibility index (Phi) is 5.53. The first-order valence-electron chi connectivity index (χ1n) is 9.04. The molecule has 152 valence electrons. The Morgan fingerprint density at radius 3 is 2.67 bits per heavy atom. The Morgan fingerprint density at radius 1 is 1.17 bits per heavy atom. The topological polar surface area (TPSA) is 114 Å². The number of hydrogen-bond acceptors (Lipinski definition) is 8. The van der Waals surface area contributed by atoms with Crippen LogP contribution in [0.15, 0.2) is 63.9 Å². The summed E-state index contributed by atoms with van der Waals surface area (Å²) < 4.78 is 10.5. The molecule has 2 aromatic heterocycles. The first kappa shape index (κ1) is 19.7. The Bertz CT molecular complexity index is 1190. The molecule has 30 heavy (non-hydrogen) atoms. The number of esters is 1. The zero-order valence-electron chi connectivity index (χ0n) is 16.2. The standard InChI is InChI=1S/C21H18N4O4S/c1-12-7-9-13(10-8-12)19-24-25-21(29-19)30-11-16(26)17(20(27)28-2)18-22-14-5-3-4-6-15(14)23-18/h3-10,26H,11H2,1-2H3,(H,22,23)/b17-16+. The van der Waals surface area contributed by atoms with Gasteiger partial charge in [-0.25, -0.2) is 9.78 Å². The van der Waals surface area contributed by atoms with Crippen LogP contribution in [0.1, 0.15) is 11.4 Å². The number of fused-ring (bicyclic) bond motifs is 1. The van der Waals surface area contributed by atoms with E-state index in [2.05, 4.69) is 20.2 Å². The molecule has 0 aliphatic rings. The molecule has 0 amide bonds. The van der Waals surface area contributed by atoms with Gasteiger partial charge in [-0.3, -0.25) is 0 Å². The number of H-pyrrole nitrogens is 1. The van der Waals surface area contributed by atoms with E-state index in [9.17, 15) is 9.90 Å². The smallest absolute Gasteiger partial charge is 0.345 e. The molecule has 0 saturated heterocycles. The molecular formula is C21H18N4O4S. The van der Waals surface area contributed by atoms with E-state index < -0.39 is 5.97 Å². The van der Waals surface area contributed by atoms with Gasteiger partial charge in [-0.1, -0.05) is 41.6 Å². The van der Waals surface area contributed by atoms with Gasteiger partial charge in [-0.2, -0.15) is 0 Å². The number of aromatic amines is 1. The highest BCUT2D eigenvalue weighted by atomic mass is 32.2. The number of nitrogens with one attached hydrogen (secondary N) is 1. The van der Waals surface area contributed by atoms with Crippen molar-refractivity contribution in [1.82, 2.24) is 20.2 Å². The second-order valence-corrected chi connectivity index (χ2v) is 7.37. The molecule has 2 heterocycles. The number of aromatic nitrogens is 4. The van der Waals surface area contributed by atoms with Crippen molar-refractivity contribution in [2.75, 3.05) is 12.9 Å². The molecule has 0 atom stereocenters. The van der Waals surface area contributed by atoms with Gasteiger partial charge in [0.1, 0.15) is 17.2 Å². The van der Waals surface area contributed by atoms with Gasteiger partial charge in [0.25, 0.3) is 5.22 Å². The lowest BCUT2D eigenvalue weighted by molar-refractivity contribution is -0.133. The van der Waals surface area contributed by atoms with Crippen molar-refractivity contribution in [2.24, 2.45) is 0 Å². The van der Waals surface area contributed by atoms with E-state index in [1.165, 1.54) is 7.11 Å². The molecule has 0 unspecified atom stereocenters. The van der Waals surface area contributed by atoms with Crippen molar-refractivity contribution in [3.63, 3.8) is 0 Å². The van der Waals surface area contributed by atoms with Crippen molar-refractivity contribution in [2.45, 2.75) is 12.1 Å². The summed E-state index contributed by atoms with van der Waals surface area (Å²) in [6.45, 7) is 1.99. The van der Waals surface area contributed by atoms with Gasteiger partial charge in [0, 0.05) is 5.56 Å². The van der Waals surface area contributed by atoms with Gasteiger partial charge in [0.15, 0.2) is 0 Å². The average molecular weight is 422 g/mol. The van der Waals surface area contributed by atoms with Crippen molar-refractivity contribution >= 4 is 34.3 Å². The number of hydrogen-bond donors (Lipinski definition) is 2. The fraction of sp³-hybridized carbons (Fsp3) is 0.143. The lowest BCUT2D eigenvalue weighted by Gasteiger charge is -2.06. The Morgan fingerprint density at radius 2 is 1.93 bits per heavy atom. The second kappa shape index (κ2) is 8.42. The maximum absolute atomic E-state index is 12.3. The highest BCUT2D eigenvalue weighted by molar-refractivity contribution is 7.99. The van der Waals surface area contributed by atoms with Gasteiger partial charge < -0.3 is 19.2 Å². The Balaban J connectivity index is 1.57. The molecule has 0 saturated carbocycles. The summed E-state index contributed by atoms with van der Waals surface area (Å²) in [6, 6.07) is 15.0. The summed E-state index contributed by atoms with van der Waals surface area (Å²) >= 11 is 1.11. The fourth-order valence-electron chi connectivity index (χ4n) is 2.81. The van der Waals surface area contributed by atoms with Crippen LogP contribution >= 0.6 is 11.8 Å². The van der Waals surface area contributed by atoms with Gasteiger partial charge in [0.2, 0.25) is 5.89 Å². The number of rotatable bonds is 6. The maximum atomic E-state index is 12.3. The highest BCUT2D eigenvalue weighted by Crippen LogP contribution is 2.27. The lowest BCUT2D eigenvalue weighted by atomic mass is 10.1.